The Balaban J connectivity index is 1.16. The number of amides is 3. The van der Waals surface area contributed by atoms with E-state index in [2.05, 4.69) is 28.8 Å². The maximum Gasteiger partial charge on any atom is 0.246 e. The van der Waals surface area contributed by atoms with Gasteiger partial charge in [-0.1, -0.05) is 30.3 Å². The van der Waals surface area contributed by atoms with Crippen LogP contribution in [0.15, 0.2) is 30.3 Å². The van der Waals surface area contributed by atoms with Crippen molar-refractivity contribution < 1.29 is 14.4 Å². The smallest absolute Gasteiger partial charge is 0.246 e. The zero-order chi connectivity index (χ0) is 24.8. The van der Waals surface area contributed by atoms with Crippen molar-refractivity contribution in [3.8, 4) is 0 Å². The van der Waals surface area contributed by atoms with Gasteiger partial charge in [0, 0.05) is 19.0 Å². The topological polar surface area (TPSA) is 105 Å². The highest BCUT2D eigenvalue weighted by Gasteiger charge is 2.49. The molecular weight excluding hydrogens is 452 g/mol. The van der Waals surface area contributed by atoms with Crippen LogP contribution < -0.4 is 16.4 Å². The van der Waals surface area contributed by atoms with Crippen LogP contribution >= 0.6 is 0 Å². The third-order valence-corrected chi connectivity index (χ3v) is 9.55. The highest BCUT2D eigenvalue weighted by atomic mass is 16.2. The van der Waals surface area contributed by atoms with Gasteiger partial charge in [-0.15, -0.1) is 0 Å². The van der Waals surface area contributed by atoms with E-state index in [1.165, 1.54) is 37.7 Å². The van der Waals surface area contributed by atoms with Crippen LogP contribution in [0, 0.1) is 23.7 Å². The Morgan fingerprint density at radius 3 is 2.47 bits per heavy atom. The number of fused-ring (bicyclic) bond motifs is 1. The fourth-order valence-electron chi connectivity index (χ4n) is 8.15. The molecule has 4 bridgehead atoms. The monoisotopic (exact) mass is 490 g/mol. The van der Waals surface area contributed by atoms with Gasteiger partial charge in [-0.05, 0) is 91.7 Å². The maximum absolute atomic E-state index is 13.8. The first-order chi connectivity index (χ1) is 17.5. The first-order valence-corrected chi connectivity index (χ1v) is 13.9. The molecule has 0 radical (unpaired) electrons. The number of likely N-dealkylation sites (tertiary alicyclic amines) is 1. The zero-order valence-electron chi connectivity index (χ0n) is 21.0. The molecule has 1 aromatic rings. The quantitative estimate of drug-likeness (QED) is 0.546. The Bertz CT molecular complexity index is 1050. The van der Waals surface area contributed by atoms with Crippen LogP contribution in [0.25, 0.3) is 5.57 Å². The molecule has 7 nitrogen and oxygen atoms in total. The van der Waals surface area contributed by atoms with Crippen molar-refractivity contribution in [2.24, 2.45) is 29.4 Å². The fourth-order valence-corrected chi connectivity index (χ4v) is 8.15. The molecule has 1 saturated heterocycles. The summed E-state index contributed by atoms with van der Waals surface area (Å²) in [6, 6.07) is 7.25. The number of allylic oxidation sites excluding steroid dienone is 1. The van der Waals surface area contributed by atoms with Crippen molar-refractivity contribution in [1.82, 2.24) is 15.5 Å². The van der Waals surface area contributed by atoms with Gasteiger partial charge in [0.25, 0.3) is 0 Å². The molecule has 192 valence electrons. The van der Waals surface area contributed by atoms with Crippen LogP contribution in [0.5, 0.6) is 0 Å². The van der Waals surface area contributed by atoms with E-state index < -0.39 is 12.1 Å². The lowest BCUT2D eigenvalue weighted by molar-refractivity contribution is -0.142. The molecule has 7 heteroatoms. The van der Waals surface area contributed by atoms with Crippen LogP contribution in [0.3, 0.4) is 0 Å². The van der Waals surface area contributed by atoms with Crippen LogP contribution in [0.2, 0.25) is 0 Å². The molecule has 7 rings (SSSR count). The third-order valence-electron chi connectivity index (χ3n) is 9.55. The van der Waals surface area contributed by atoms with Crippen molar-refractivity contribution in [2.45, 2.75) is 75.9 Å². The Hall–Kier alpha value is -2.67. The molecule has 1 aromatic carbocycles. The minimum absolute atomic E-state index is 0.00680. The number of hydrogen-bond acceptors (Lipinski definition) is 4. The molecule has 1 aliphatic heterocycles. The maximum atomic E-state index is 13.8. The van der Waals surface area contributed by atoms with Gasteiger partial charge in [0.05, 0.1) is 6.54 Å². The first kappa shape index (κ1) is 23.7. The lowest BCUT2D eigenvalue weighted by atomic mass is 9.54. The molecule has 3 amide bonds. The summed E-state index contributed by atoms with van der Waals surface area (Å²) in [4.78, 5) is 41.3. The fraction of sp³-hybridized carbons (Fsp3) is 0.621. The number of nitrogens with zero attached hydrogens (tertiary/aromatic N) is 1. The van der Waals surface area contributed by atoms with Crippen LogP contribution in [-0.4, -0.2) is 53.8 Å². The summed E-state index contributed by atoms with van der Waals surface area (Å²) in [5.41, 5.74) is 9.01. The minimum Gasteiger partial charge on any atom is -0.351 e. The standard InChI is InChI=1S/C29H38N4O3/c30-16-26(34)31-24(15-20-8-7-19-4-1-2-5-23(19)20)29(36)33-9-3-6-25(33)28(35)32-27-21-11-17-10-18(13-21)14-22(27)12-17/h1-2,4-5,8,17-18,21-22,24-25,27H,3,6-7,9-16,30H2,(H,31,34)(H,32,35)/t17?,18?,21?,22?,24-,25+,27?/m0/s1. The van der Waals surface area contributed by atoms with Gasteiger partial charge < -0.3 is 21.3 Å². The third kappa shape index (κ3) is 4.36. The van der Waals surface area contributed by atoms with Crippen LogP contribution in [0.4, 0.5) is 0 Å². The zero-order valence-corrected chi connectivity index (χ0v) is 21.0. The number of carbonyl (C=O) groups excluding carboxylic acids is 3. The summed E-state index contributed by atoms with van der Waals surface area (Å²) >= 11 is 0. The summed E-state index contributed by atoms with van der Waals surface area (Å²) < 4.78 is 0. The largest absolute Gasteiger partial charge is 0.351 e. The van der Waals surface area contributed by atoms with Gasteiger partial charge in [0.1, 0.15) is 12.1 Å². The van der Waals surface area contributed by atoms with E-state index in [1.54, 1.807) is 4.90 Å². The van der Waals surface area contributed by atoms with Crippen molar-refractivity contribution >= 4 is 23.3 Å². The predicted molar refractivity (Wildman–Crippen MR) is 137 cm³/mol. The highest BCUT2D eigenvalue weighted by Crippen LogP contribution is 2.53. The normalized spacial score (nSPS) is 32.7. The summed E-state index contributed by atoms with van der Waals surface area (Å²) in [6.07, 6.45) is 11.2. The van der Waals surface area contributed by atoms with E-state index in [4.69, 9.17) is 5.73 Å². The Morgan fingerprint density at radius 2 is 1.75 bits per heavy atom. The average Bonchev–Trinajstić information content (AvgIpc) is 3.52. The van der Waals surface area contributed by atoms with Crippen molar-refractivity contribution in [2.75, 3.05) is 13.1 Å². The first-order valence-electron chi connectivity index (χ1n) is 13.9. The lowest BCUT2D eigenvalue weighted by Gasteiger charge is -2.54. The van der Waals surface area contributed by atoms with Crippen molar-refractivity contribution in [3.63, 3.8) is 0 Å². The number of benzene rings is 1. The Kier molecular flexibility index (Phi) is 6.36. The number of hydrogen-bond donors (Lipinski definition) is 3. The van der Waals surface area contributed by atoms with Crippen molar-refractivity contribution in [1.29, 1.82) is 0 Å². The molecule has 5 aliphatic carbocycles. The van der Waals surface area contributed by atoms with Crippen LogP contribution in [0.1, 0.15) is 62.5 Å². The number of rotatable bonds is 7. The molecule has 0 unspecified atom stereocenters. The highest BCUT2D eigenvalue weighted by molar-refractivity contribution is 5.94. The minimum atomic E-state index is -0.729. The number of carbonyl (C=O) groups is 3. The van der Waals surface area contributed by atoms with Gasteiger partial charge in [-0.2, -0.15) is 0 Å². The SMILES string of the molecule is NCC(=O)N[C@@H](CC1=CCc2ccccc21)C(=O)N1CCC[C@@H]1C(=O)NC1C2CC3CC(C2)CC1C3. The summed E-state index contributed by atoms with van der Waals surface area (Å²) in [5.74, 6) is 2.37. The molecule has 36 heavy (non-hydrogen) atoms. The second-order valence-corrected chi connectivity index (χ2v) is 11.8. The van der Waals surface area contributed by atoms with Gasteiger partial charge in [0.15, 0.2) is 0 Å². The van der Waals surface area contributed by atoms with E-state index in [-0.39, 0.29) is 30.3 Å². The van der Waals surface area contributed by atoms with E-state index >= 15 is 0 Å². The molecule has 0 spiro atoms. The lowest BCUT2D eigenvalue weighted by Crippen LogP contribution is -2.59. The molecular formula is C29H38N4O3. The molecule has 6 aliphatic rings. The van der Waals surface area contributed by atoms with E-state index in [0.717, 1.165) is 35.8 Å². The Labute approximate surface area is 213 Å². The number of nitrogens with one attached hydrogen (secondary N) is 2. The molecule has 4 saturated carbocycles. The summed E-state index contributed by atoms with van der Waals surface area (Å²) in [6.45, 7) is 0.374. The van der Waals surface area contributed by atoms with Gasteiger partial charge in [-0.25, -0.2) is 0 Å². The van der Waals surface area contributed by atoms with Gasteiger partial charge in [-0.3, -0.25) is 14.4 Å². The predicted octanol–water partition coefficient (Wildman–Crippen LogP) is 2.39. The van der Waals surface area contributed by atoms with Crippen molar-refractivity contribution in [3.05, 3.63) is 41.5 Å². The summed E-state index contributed by atoms with van der Waals surface area (Å²) in [5, 5.41) is 6.27. The molecule has 0 aromatic heterocycles. The molecule has 1 heterocycles. The average molecular weight is 491 g/mol. The van der Waals surface area contributed by atoms with E-state index in [1.807, 2.05) is 12.1 Å². The molecule has 4 N–H and O–H groups in total. The second kappa shape index (κ2) is 9.66. The number of nitrogens with two attached hydrogens (primary N) is 1. The Morgan fingerprint density at radius 1 is 1.03 bits per heavy atom. The summed E-state index contributed by atoms with van der Waals surface area (Å²) in [7, 11) is 0. The van der Waals surface area contributed by atoms with Gasteiger partial charge in [0.2, 0.25) is 17.7 Å². The molecule has 2 atom stereocenters. The van der Waals surface area contributed by atoms with E-state index in [9.17, 15) is 14.4 Å². The van der Waals surface area contributed by atoms with Gasteiger partial charge >= 0.3 is 0 Å². The second-order valence-electron chi connectivity index (χ2n) is 11.8. The molecule has 5 fully saturated rings. The van der Waals surface area contributed by atoms with E-state index in [0.29, 0.717) is 31.2 Å². The van der Waals surface area contributed by atoms with Crippen LogP contribution in [-0.2, 0) is 20.8 Å².